The van der Waals surface area contributed by atoms with Gasteiger partial charge in [-0.2, -0.15) is 0 Å². The van der Waals surface area contributed by atoms with Crippen molar-refractivity contribution in [2.45, 2.75) is 32.8 Å². The molecule has 0 radical (unpaired) electrons. The zero-order valence-electron chi connectivity index (χ0n) is 11.6. The number of carbonyl (C=O) groups excluding carboxylic acids is 1. The molecule has 1 amide bonds. The molecule has 6 nitrogen and oxygen atoms in total. The van der Waals surface area contributed by atoms with E-state index >= 15 is 0 Å². The minimum atomic E-state index is -0.600. The average molecular weight is 345 g/mol. The molecule has 0 aliphatic carbocycles. The zero-order chi connectivity index (χ0) is 15.3. The number of hydrogen-bond donors (Lipinski definition) is 1. The highest BCUT2D eigenvalue weighted by Crippen LogP contribution is 2.23. The maximum atomic E-state index is 11.7. The van der Waals surface area contributed by atoms with Gasteiger partial charge in [-0.3, -0.25) is 15.4 Å². The topological polar surface area (TPSA) is 81.5 Å². The summed E-state index contributed by atoms with van der Waals surface area (Å²) in [5.41, 5.74) is 0.600. The van der Waals surface area contributed by atoms with Crippen molar-refractivity contribution in [2.24, 2.45) is 0 Å². The summed E-state index contributed by atoms with van der Waals surface area (Å²) in [5.74, 6) is 0. The molecule has 0 fully saturated rings. The standard InChI is InChI=1S/C13H17BrN2O4/c1-13(2,3)20-12(17)15-11-8-10(14)5-4-9(11)6-7-16(18)19/h4-5,8H,6-7H2,1-3H3,(H,15,17). The quantitative estimate of drug-likeness (QED) is 0.668. The van der Waals surface area contributed by atoms with Gasteiger partial charge in [0, 0.05) is 21.5 Å². The molecule has 0 aliphatic rings. The summed E-state index contributed by atoms with van der Waals surface area (Å²) in [7, 11) is 0. The van der Waals surface area contributed by atoms with Crippen molar-refractivity contribution in [3.63, 3.8) is 0 Å². The normalized spacial score (nSPS) is 11.0. The number of anilines is 1. The second kappa shape index (κ2) is 6.69. The average Bonchev–Trinajstić information content (AvgIpc) is 2.24. The van der Waals surface area contributed by atoms with E-state index in [9.17, 15) is 14.9 Å². The summed E-state index contributed by atoms with van der Waals surface area (Å²) in [4.78, 5) is 21.8. The van der Waals surface area contributed by atoms with Crippen molar-refractivity contribution in [3.8, 4) is 0 Å². The van der Waals surface area contributed by atoms with Gasteiger partial charge in [0.25, 0.3) is 0 Å². The molecular weight excluding hydrogens is 328 g/mol. The Morgan fingerprint density at radius 1 is 1.45 bits per heavy atom. The lowest BCUT2D eigenvalue weighted by molar-refractivity contribution is -0.479. The van der Waals surface area contributed by atoms with E-state index in [1.54, 1.807) is 39.0 Å². The molecule has 1 N–H and O–H groups in total. The predicted molar refractivity (Wildman–Crippen MR) is 79.6 cm³/mol. The molecular formula is C13H17BrN2O4. The first-order chi connectivity index (χ1) is 9.17. The Labute approximate surface area is 125 Å². The van der Waals surface area contributed by atoms with Gasteiger partial charge in [0.1, 0.15) is 5.60 Å². The number of hydrogen-bond acceptors (Lipinski definition) is 4. The first-order valence-corrected chi connectivity index (χ1v) is 6.87. The number of ether oxygens (including phenoxy) is 1. The molecule has 0 unspecified atom stereocenters. The molecule has 7 heteroatoms. The van der Waals surface area contributed by atoms with Crippen molar-refractivity contribution in [1.29, 1.82) is 0 Å². The van der Waals surface area contributed by atoms with Gasteiger partial charge < -0.3 is 4.74 Å². The lowest BCUT2D eigenvalue weighted by Gasteiger charge is -2.20. The van der Waals surface area contributed by atoms with Gasteiger partial charge in [-0.25, -0.2) is 4.79 Å². The third kappa shape index (κ3) is 6.01. The molecule has 0 spiro atoms. The van der Waals surface area contributed by atoms with Crippen LogP contribution in [0, 0.1) is 10.1 Å². The fourth-order valence-electron chi connectivity index (χ4n) is 1.51. The first kappa shape index (κ1) is 16.4. The van der Waals surface area contributed by atoms with E-state index in [1.165, 1.54) is 0 Å². The number of benzene rings is 1. The maximum Gasteiger partial charge on any atom is 0.412 e. The third-order valence-corrected chi connectivity index (χ3v) is 2.76. The number of rotatable bonds is 4. The van der Waals surface area contributed by atoms with Crippen molar-refractivity contribution in [3.05, 3.63) is 38.3 Å². The first-order valence-electron chi connectivity index (χ1n) is 6.07. The Kier molecular flexibility index (Phi) is 5.50. The lowest BCUT2D eigenvalue weighted by atomic mass is 10.1. The fourth-order valence-corrected chi connectivity index (χ4v) is 1.87. The van der Waals surface area contributed by atoms with Gasteiger partial charge in [0.2, 0.25) is 6.54 Å². The number of nitro groups is 1. The van der Waals surface area contributed by atoms with E-state index in [2.05, 4.69) is 21.2 Å². The predicted octanol–water partition coefficient (Wildman–Crippen LogP) is 3.62. The van der Waals surface area contributed by atoms with Crippen molar-refractivity contribution < 1.29 is 14.5 Å². The molecule has 20 heavy (non-hydrogen) atoms. The number of nitrogens with one attached hydrogen (secondary N) is 1. The van der Waals surface area contributed by atoms with Crippen LogP contribution in [-0.2, 0) is 11.2 Å². The summed E-state index contributed by atoms with van der Waals surface area (Å²) in [5, 5.41) is 13.1. The molecule has 1 rings (SSSR count). The molecule has 1 aromatic carbocycles. The number of halogens is 1. The molecule has 0 saturated carbocycles. The van der Waals surface area contributed by atoms with Crippen LogP contribution in [0.5, 0.6) is 0 Å². The molecule has 0 atom stereocenters. The summed E-state index contributed by atoms with van der Waals surface area (Å²) in [6.45, 7) is 5.11. The van der Waals surface area contributed by atoms with Gasteiger partial charge in [-0.05, 0) is 38.5 Å². The molecule has 0 saturated heterocycles. The van der Waals surface area contributed by atoms with Gasteiger partial charge in [-0.1, -0.05) is 22.0 Å². The SMILES string of the molecule is CC(C)(C)OC(=O)Nc1cc(Br)ccc1CC[N+](=O)[O-]. The molecule has 0 heterocycles. The van der Waals surface area contributed by atoms with Gasteiger partial charge in [0.15, 0.2) is 0 Å². The van der Waals surface area contributed by atoms with Gasteiger partial charge in [-0.15, -0.1) is 0 Å². The smallest absolute Gasteiger partial charge is 0.412 e. The number of carbonyl (C=O) groups is 1. The molecule has 0 bridgehead atoms. The molecule has 0 aliphatic heterocycles. The Morgan fingerprint density at radius 2 is 2.10 bits per heavy atom. The molecule has 0 aromatic heterocycles. The zero-order valence-corrected chi connectivity index (χ0v) is 13.2. The third-order valence-electron chi connectivity index (χ3n) is 2.27. The minimum Gasteiger partial charge on any atom is -0.444 e. The number of amides is 1. The fraction of sp³-hybridized carbons (Fsp3) is 0.462. The Bertz CT molecular complexity index is 512. The van der Waals surface area contributed by atoms with Gasteiger partial charge in [0.05, 0.1) is 0 Å². The van der Waals surface area contributed by atoms with Crippen molar-refractivity contribution in [1.82, 2.24) is 0 Å². The summed E-state index contributed by atoms with van der Waals surface area (Å²) >= 11 is 3.30. The van der Waals surface area contributed by atoms with Crippen LogP contribution in [0.15, 0.2) is 22.7 Å². The Hall–Kier alpha value is -1.63. The lowest BCUT2D eigenvalue weighted by Crippen LogP contribution is -2.27. The molecule has 110 valence electrons. The monoisotopic (exact) mass is 344 g/mol. The molecule has 1 aromatic rings. The van der Waals surface area contributed by atoms with E-state index in [1.807, 2.05) is 0 Å². The van der Waals surface area contributed by atoms with E-state index in [0.29, 0.717) is 11.3 Å². The van der Waals surface area contributed by atoms with E-state index in [-0.39, 0.29) is 17.9 Å². The van der Waals surface area contributed by atoms with Crippen molar-refractivity contribution >= 4 is 27.7 Å². The van der Waals surface area contributed by atoms with Crippen LogP contribution in [0.2, 0.25) is 0 Å². The van der Waals surface area contributed by atoms with Crippen LogP contribution in [0.3, 0.4) is 0 Å². The Morgan fingerprint density at radius 3 is 2.65 bits per heavy atom. The second-order valence-corrected chi connectivity index (χ2v) is 6.15. The minimum absolute atomic E-state index is 0.190. The maximum absolute atomic E-state index is 11.7. The Balaban J connectivity index is 2.84. The summed E-state index contributed by atoms with van der Waals surface area (Å²) < 4.78 is 5.93. The summed E-state index contributed by atoms with van der Waals surface area (Å²) in [6.07, 6.45) is -0.344. The van der Waals surface area contributed by atoms with Crippen molar-refractivity contribution in [2.75, 3.05) is 11.9 Å². The highest BCUT2D eigenvalue weighted by Gasteiger charge is 2.17. The van der Waals surface area contributed by atoms with Crippen LogP contribution in [0.1, 0.15) is 26.3 Å². The van der Waals surface area contributed by atoms with Gasteiger partial charge >= 0.3 is 6.09 Å². The van der Waals surface area contributed by atoms with Crippen LogP contribution >= 0.6 is 15.9 Å². The van der Waals surface area contributed by atoms with Crippen LogP contribution < -0.4 is 5.32 Å². The van der Waals surface area contributed by atoms with Crippen LogP contribution in [0.4, 0.5) is 10.5 Å². The van der Waals surface area contributed by atoms with E-state index < -0.39 is 11.7 Å². The number of nitrogens with zero attached hydrogens (tertiary/aromatic N) is 1. The van der Waals surface area contributed by atoms with E-state index in [4.69, 9.17) is 4.74 Å². The summed E-state index contributed by atoms with van der Waals surface area (Å²) in [6, 6.07) is 5.20. The van der Waals surface area contributed by atoms with Crippen LogP contribution in [0.25, 0.3) is 0 Å². The second-order valence-electron chi connectivity index (χ2n) is 5.23. The highest BCUT2D eigenvalue weighted by atomic mass is 79.9. The van der Waals surface area contributed by atoms with Crippen LogP contribution in [-0.4, -0.2) is 23.2 Å². The highest BCUT2D eigenvalue weighted by molar-refractivity contribution is 9.10. The van der Waals surface area contributed by atoms with E-state index in [0.717, 1.165) is 4.47 Å². The largest absolute Gasteiger partial charge is 0.444 e.